The topological polar surface area (TPSA) is 66.8 Å². The van der Waals surface area contributed by atoms with Crippen molar-refractivity contribution in [1.82, 2.24) is 4.31 Å². The summed E-state index contributed by atoms with van der Waals surface area (Å²) in [7, 11) is -0.481. The third-order valence-corrected chi connectivity index (χ3v) is 4.94. The molecule has 0 unspecified atom stereocenters. The monoisotopic (exact) mass is 315 g/mol. The van der Waals surface area contributed by atoms with Crippen molar-refractivity contribution in [2.24, 2.45) is 5.41 Å². The van der Waals surface area contributed by atoms with Crippen LogP contribution in [-0.2, 0) is 16.4 Å². The molecule has 0 aliphatic rings. The van der Waals surface area contributed by atoms with Gasteiger partial charge in [-0.2, -0.15) is 0 Å². The zero-order chi connectivity index (χ0) is 16.3. The molecule has 0 aliphatic heterocycles. The predicted octanol–water partition coefficient (Wildman–Crippen LogP) is 1.90. The van der Waals surface area contributed by atoms with Gasteiger partial charge in [0.15, 0.2) is 0 Å². The van der Waals surface area contributed by atoms with Crippen LogP contribution in [0.2, 0.25) is 0 Å². The van der Waals surface area contributed by atoms with Gasteiger partial charge in [-0.15, -0.1) is 0 Å². The Hall–Kier alpha value is -1.11. The number of hydrogen-bond acceptors (Lipinski definition) is 4. The van der Waals surface area contributed by atoms with E-state index in [-0.39, 0.29) is 23.3 Å². The molecule has 0 bridgehead atoms. The fourth-order valence-corrected chi connectivity index (χ4v) is 3.80. The Bertz CT molecular complexity index is 576. The van der Waals surface area contributed by atoms with E-state index in [1.54, 1.807) is 25.2 Å². The van der Waals surface area contributed by atoms with Gasteiger partial charge in [-0.05, 0) is 35.6 Å². The molecule has 0 spiro atoms. The average molecular weight is 315 g/mol. The van der Waals surface area contributed by atoms with Crippen LogP contribution in [0.15, 0.2) is 23.1 Å². The normalized spacial score (nSPS) is 12.7. The van der Waals surface area contributed by atoms with E-state index >= 15 is 0 Å². The largest absolute Gasteiger partial charge is 0.497 e. The van der Waals surface area contributed by atoms with Gasteiger partial charge in [0, 0.05) is 20.2 Å². The van der Waals surface area contributed by atoms with Crippen LogP contribution in [0.5, 0.6) is 5.75 Å². The Labute approximate surface area is 127 Å². The fraction of sp³-hybridized carbons (Fsp3) is 0.600. The number of nitrogens with zero attached hydrogens (tertiary/aromatic N) is 1. The lowest BCUT2D eigenvalue weighted by Crippen LogP contribution is -2.35. The molecule has 120 valence electrons. The van der Waals surface area contributed by atoms with Crippen molar-refractivity contribution in [3.05, 3.63) is 23.8 Å². The summed E-state index contributed by atoms with van der Waals surface area (Å²) in [5, 5.41) is 9.15. The highest BCUT2D eigenvalue weighted by Gasteiger charge is 2.27. The van der Waals surface area contributed by atoms with Gasteiger partial charge >= 0.3 is 0 Å². The second-order valence-electron chi connectivity index (χ2n) is 6.27. The van der Waals surface area contributed by atoms with E-state index in [0.29, 0.717) is 17.9 Å². The lowest BCUT2D eigenvalue weighted by Gasteiger charge is -2.27. The number of aliphatic hydroxyl groups excluding tert-OH is 1. The van der Waals surface area contributed by atoms with E-state index in [9.17, 15) is 8.42 Å². The Morgan fingerprint density at radius 1 is 1.29 bits per heavy atom. The Kier molecular flexibility index (Phi) is 5.78. The molecular formula is C15H25NO4S. The summed E-state index contributed by atoms with van der Waals surface area (Å²) < 4.78 is 31.9. The van der Waals surface area contributed by atoms with Gasteiger partial charge in [-0.3, -0.25) is 0 Å². The van der Waals surface area contributed by atoms with Crippen LogP contribution in [0.25, 0.3) is 0 Å². The smallest absolute Gasteiger partial charge is 0.243 e. The first kappa shape index (κ1) is 17.9. The molecule has 0 saturated heterocycles. The van der Waals surface area contributed by atoms with Crippen molar-refractivity contribution in [2.45, 2.75) is 32.1 Å². The fourth-order valence-electron chi connectivity index (χ4n) is 2.17. The number of sulfonamides is 1. The molecule has 0 heterocycles. The summed E-state index contributed by atoms with van der Waals surface area (Å²) in [4.78, 5) is 0.226. The van der Waals surface area contributed by atoms with E-state index < -0.39 is 10.0 Å². The molecular weight excluding hydrogens is 290 g/mol. The molecule has 1 rings (SSSR count). The Morgan fingerprint density at radius 2 is 1.90 bits per heavy atom. The van der Waals surface area contributed by atoms with E-state index in [1.807, 2.05) is 20.8 Å². The molecule has 0 aliphatic carbocycles. The van der Waals surface area contributed by atoms with Crippen LogP contribution < -0.4 is 4.74 Å². The molecule has 0 aromatic heterocycles. The van der Waals surface area contributed by atoms with Crippen molar-refractivity contribution in [2.75, 3.05) is 27.3 Å². The molecule has 0 radical (unpaired) electrons. The molecule has 1 N–H and O–H groups in total. The first-order valence-corrected chi connectivity index (χ1v) is 8.30. The van der Waals surface area contributed by atoms with Crippen molar-refractivity contribution in [3.63, 3.8) is 0 Å². The highest BCUT2D eigenvalue weighted by atomic mass is 32.2. The summed E-state index contributed by atoms with van der Waals surface area (Å²) >= 11 is 0. The van der Waals surface area contributed by atoms with Gasteiger partial charge in [0.2, 0.25) is 10.0 Å². The van der Waals surface area contributed by atoms with E-state index in [1.165, 1.54) is 11.4 Å². The van der Waals surface area contributed by atoms with Crippen molar-refractivity contribution >= 4 is 10.0 Å². The molecule has 0 fully saturated rings. The first-order valence-electron chi connectivity index (χ1n) is 6.86. The van der Waals surface area contributed by atoms with E-state index in [4.69, 9.17) is 9.84 Å². The minimum Gasteiger partial charge on any atom is -0.497 e. The molecule has 5 nitrogen and oxygen atoms in total. The van der Waals surface area contributed by atoms with Crippen molar-refractivity contribution < 1.29 is 18.3 Å². The summed E-state index contributed by atoms with van der Waals surface area (Å²) in [5.41, 5.74) is 0.434. The number of hydrogen-bond donors (Lipinski definition) is 1. The van der Waals surface area contributed by atoms with Gasteiger partial charge in [-0.1, -0.05) is 20.8 Å². The van der Waals surface area contributed by atoms with Gasteiger partial charge < -0.3 is 9.84 Å². The minimum absolute atomic E-state index is 0.112. The van der Waals surface area contributed by atoms with Gasteiger partial charge in [-0.25, -0.2) is 12.7 Å². The summed E-state index contributed by atoms with van der Waals surface area (Å²) in [6.45, 7) is 6.27. The standard InChI is InChI=1S/C15H25NO4S/c1-15(2,3)11-16(4)21(18,19)14-7-6-13(20-5)10-12(14)8-9-17/h6-7,10,17H,8-9,11H2,1-5H3. The molecule has 0 amide bonds. The van der Waals surface area contributed by atoms with Crippen LogP contribution >= 0.6 is 0 Å². The first-order chi connectivity index (χ1) is 9.61. The molecule has 1 aromatic rings. The summed E-state index contributed by atoms with van der Waals surface area (Å²) in [5.74, 6) is 0.580. The molecule has 0 atom stereocenters. The van der Waals surface area contributed by atoms with Crippen molar-refractivity contribution in [1.29, 1.82) is 0 Å². The van der Waals surface area contributed by atoms with Crippen LogP contribution in [0.1, 0.15) is 26.3 Å². The van der Waals surface area contributed by atoms with Gasteiger partial charge in [0.25, 0.3) is 0 Å². The maximum atomic E-state index is 12.7. The van der Waals surface area contributed by atoms with E-state index in [0.717, 1.165) is 0 Å². The maximum Gasteiger partial charge on any atom is 0.243 e. The lowest BCUT2D eigenvalue weighted by molar-refractivity contribution is 0.297. The summed E-state index contributed by atoms with van der Waals surface area (Å²) in [6, 6.07) is 4.82. The second kappa shape index (κ2) is 6.77. The van der Waals surface area contributed by atoms with Crippen LogP contribution in [0.3, 0.4) is 0 Å². The number of rotatable bonds is 6. The molecule has 21 heavy (non-hydrogen) atoms. The maximum absolute atomic E-state index is 12.7. The minimum atomic E-state index is -3.58. The number of methoxy groups -OCH3 is 1. The number of aliphatic hydroxyl groups is 1. The van der Waals surface area contributed by atoms with Crippen LogP contribution in [-0.4, -0.2) is 45.1 Å². The van der Waals surface area contributed by atoms with Crippen molar-refractivity contribution in [3.8, 4) is 5.75 Å². The lowest BCUT2D eigenvalue weighted by atomic mass is 9.97. The quantitative estimate of drug-likeness (QED) is 0.870. The second-order valence-corrected chi connectivity index (χ2v) is 8.28. The zero-order valence-electron chi connectivity index (χ0n) is 13.4. The SMILES string of the molecule is COc1ccc(S(=O)(=O)N(C)CC(C)(C)C)c(CCO)c1. The predicted molar refractivity (Wildman–Crippen MR) is 83.1 cm³/mol. The van der Waals surface area contributed by atoms with E-state index in [2.05, 4.69) is 0 Å². The molecule has 1 aromatic carbocycles. The number of benzene rings is 1. The van der Waals surface area contributed by atoms with Crippen LogP contribution in [0, 0.1) is 5.41 Å². The highest BCUT2D eigenvalue weighted by molar-refractivity contribution is 7.89. The average Bonchev–Trinajstić information content (AvgIpc) is 2.36. The molecule has 6 heteroatoms. The third kappa shape index (κ3) is 4.69. The van der Waals surface area contributed by atoms with Gasteiger partial charge in [0.05, 0.1) is 12.0 Å². The Morgan fingerprint density at radius 3 is 2.38 bits per heavy atom. The Balaban J connectivity index is 3.24. The molecule has 0 saturated carbocycles. The number of ether oxygens (including phenoxy) is 1. The highest BCUT2D eigenvalue weighted by Crippen LogP contribution is 2.26. The van der Waals surface area contributed by atoms with Gasteiger partial charge in [0.1, 0.15) is 5.75 Å². The zero-order valence-corrected chi connectivity index (χ0v) is 14.2. The summed E-state index contributed by atoms with van der Waals surface area (Å²) in [6.07, 6.45) is 0.273. The van der Waals surface area contributed by atoms with Crippen LogP contribution in [0.4, 0.5) is 0 Å². The third-order valence-electron chi connectivity index (χ3n) is 3.03.